The van der Waals surface area contributed by atoms with Gasteiger partial charge in [0.15, 0.2) is 6.61 Å². The number of hydrogen-bond donors (Lipinski definition) is 1. The zero-order valence-electron chi connectivity index (χ0n) is 15.4. The molecule has 0 heterocycles. The number of aryl methyl sites for hydroxylation is 1. The van der Waals surface area contributed by atoms with Crippen molar-refractivity contribution in [1.82, 2.24) is 5.43 Å². The van der Waals surface area contributed by atoms with Crippen LogP contribution in [0, 0.1) is 6.92 Å². The van der Waals surface area contributed by atoms with E-state index in [0.717, 1.165) is 21.2 Å². The van der Waals surface area contributed by atoms with Gasteiger partial charge in [0.25, 0.3) is 5.91 Å². The highest BCUT2D eigenvalue weighted by molar-refractivity contribution is 9.10. The van der Waals surface area contributed by atoms with E-state index < -0.39 is 0 Å². The van der Waals surface area contributed by atoms with Crippen molar-refractivity contribution in [3.05, 3.63) is 57.6 Å². The molecule has 26 heavy (non-hydrogen) atoms. The summed E-state index contributed by atoms with van der Waals surface area (Å²) in [5.74, 6) is 1.36. The Kier molecular flexibility index (Phi) is 7.21. The maximum atomic E-state index is 12.0. The number of amides is 1. The predicted octanol–water partition coefficient (Wildman–Crippen LogP) is 4.42. The largest absolute Gasteiger partial charge is 0.496 e. The lowest BCUT2D eigenvalue weighted by Gasteiger charge is -2.15. The van der Waals surface area contributed by atoms with Gasteiger partial charge in [-0.25, -0.2) is 5.43 Å². The molecule has 0 aliphatic rings. The number of benzene rings is 2. The number of rotatable bonds is 7. The third kappa shape index (κ3) is 5.33. The monoisotopic (exact) mass is 418 g/mol. The number of methoxy groups -OCH3 is 1. The molecule has 1 N–H and O–H groups in total. The number of nitrogens with zero attached hydrogens (tertiary/aromatic N) is 1. The van der Waals surface area contributed by atoms with Crippen molar-refractivity contribution in [2.24, 2.45) is 5.10 Å². The Morgan fingerprint density at radius 2 is 2.00 bits per heavy atom. The van der Waals surface area contributed by atoms with Gasteiger partial charge in [0.1, 0.15) is 11.5 Å². The second-order valence-electron chi connectivity index (χ2n) is 6.12. The molecule has 6 heteroatoms. The lowest BCUT2D eigenvalue weighted by Crippen LogP contribution is -2.25. The van der Waals surface area contributed by atoms with Crippen molar-refractivity contribution in [2.75, 3.05) is 13.7 Å². The van der Waals surface area contributed by atoms with Crippen LogP contribution in [0.2, 0.25) is 0 Å². The normalized spacial score (nSPS) is 11.0. The molecular weight excluding hydrogens is 396 g/mol. The SMILES string of the molecule is COc1ccccc1C=NNC(=O)COc1cc(C)c(Br)cc1C(C)C. The van der Waals surface area contributed by atoms with Gasteiger partial charge in [-0.15, -0.1) is 0 Å². The summed E-state index contributed by atoms with van der Waals surface area (Å²) in [7, 11) is 1.59. The number of carbonyl (C=O) groups is 1. The third-order valence-electron chi connectivity index (χ3n) is 3.80. The predicted molar refractivity (Wildman–Crippen MR) is 107 cm³/mol. The molecule has 0 aliphatic heterocycles. The van der Waals surface area contributed by atoms with Crippen LogP contribution in [0.25, 0.3) is 0 Å². The fourth-order valence-corrected chi connectivity index (χ4v) is 2.73. The first-order chi connectivity index (χ1) is 12.4. The summed E-state index contributed by atoms with van der Waals surface area (Å²) >= 11 is 3.53. The first-order valence-corrected chi connectivity index (χ1v) is 9.09. The fourth-order valence-electron chi connectivity index (χ4n) is 2.37. The summed E-state index contributed by atoms with van der Waals surface area (Å²) in [5.41, 5.74) is 5.35. The zero-order valence-corrected chi connectivity index (χ0v) is 17.0. The first-order valence-electron chi connectivity index (χ1n) is 8.30. The zero-order chi connectivity index (χ0) is 19.1. The Morgan fingerprint density at radius 3 is 2.69 bits per heavy atom. The molecule has 0 aromatic heterocycles. The molecule has 2 aromatic carbocycles. The molecule has 0 spiro atoms. The smallest absolute Gasteiger partial charge is 0.277 e. The standard InChI is InChI=1S/C20H23BrN2O3/c1-13(2)16-10-17(21)14(3)9-19(16)26-12-20(24)23-22-11-15-7-5-6-8-18(15)25-4/h5-11,13H,12H2,1-4H3,(H,23,24). The highest BCUT2D eigenvalue weighted by Crippen LogP contribution is 2.32. The fraction of sp³-hybridized carbons (Fsp3) is 0.300. The van der Waals surface area contributed by atoms with Gasteiger partial charge in [0.05, 0.1) is 13.3 Å². The van der Waals surface area contributed by atoms with E-state index in [1.165, 1.54) is 0 Å². The molecule has 0 fully saturated rings. The molecular formula is C20H23BrN2O3. The van der Waals surface area contributed by atoms with Gasteiger partial charge in [0, 0.05) is 10.0 Å². The van der Waals surface area contributed by atoms with Crippen molar-refractivity contribution in [1.29, 1.82) is 0 Å². The summed E-state index contributed by atoms with van der Waals surface area (Å²) in [6.07, 6.45) is 1.54. The van der Waals surface area contributed by atoms with Gasteiger partial charge in [-0.05, 0) is 48.2 Å². The van der Waals surface area contributed by atoms with E-state index in [1.807, 2.05) is 43.3 Å². The van der Waals surface area contributed by atoms with Crippen molar-refractivity contribution < 1.29 is 14.3 Å². The van der Waals surface area contributed by atoms with E-state index in [2.05, 4.69) is 40.3 Å². The molecule has 2 rings (SSSR count). The van der Waals surface area contributed by atoms with Gasteiger partial charge in [0.2, 0.25) is 0 Å². The van der Waals surface area contributed by atoms with E-state index in [-0.39, 0.29) is 18.4 Å². The lowest BCUT2D eigenvalue weighted by molar-refractivity contribution is -0.123. The maximum Gasteiger partial charge on any atom is 0.277 e. The van der Waals surface area contributed by atoms with Crippen LogP contribution in [0.3, 0.4) is 0 Å². The molecule has 0 bridgehead atoms. The number of hydrogen-bond acceptors (Lipinski definition) is 4. The third-order valence-corrected chi connectivity index (χ3v) is 4.66. The molecule has 1 amide bonds. The Labute approximate surface area is 162 Å². The highest BCUT2D eigenvalue weighted by atomic mass is 79.9. The summed E-state index contributed by atoms with van der Waals surface area (Å²) in [5, 5.41) is 3.96. The van der Waals surface area contributed by atoms with Crippen LogP contribution in [0.1, 0.15) is 36.5 Å². The van der Waals surface area contributed by atoms with Crippen LogP contribution in [-0.2, 0) is 4.79 Å². The molecule has 0 radical (unpaired) electrons. The number of para-hydroxylation sites is 1. The minimum atomic E-state index is -0.327. The van der Waals surface area contributed by atoms with Gasteiger partial charge < -0.3 is 9.47 Å². The van der Waals surface area contributed by atoms with Gasteiger partial charge in [-0.3, -0.25) is 4.79 Å². The van der Waals surface area contributed by atoms with E-state index in [0.29, 0.717) is 11.5 Å². The maximum absolute atomic E-state index is 12.0. The molecule has 138 valence electrons. The highest BCUT2D eigenvalue weighted by Gasteiger charge is 2.12. The number of halogens is 1. The topological polar surface area (TPSA) is 59.9 Å². The molecule has 0 saturated carbocycles. The van der Waals surface area contributed by atoms with Crippen LogP contribution in [0.15, 0.2) is 46.0 Å². The van der Waals surface area contributed by atoms with E-state index in [9.17, 15) is 4.79 Å². The lowest BCUT2D eigenvalue weighted by atomic mass is 10.0. The van der Waals surface area contributed by atoms with Crippen molar-refractivity contribution >= 4 is 28.1 Å². The van der Waals surface area contributed by atoms with Gasteiger partial charge in [-0.2, -0.15) is 5.10 Å². The Hall–Kier alpha value is -2.34. The Morgan fingerprint density at radius 1 is 1.27 bits per heavy atom. The van der Waals surface area contributed by atoms with Crippen molar-refractivity contribution in [3.63, 3.8) is 0 Å². The minimum absolute atomic E-state index is 0.107. The summed E-state index contributed by atoms with van der Waals surface area (Å²) in [6, 6.07) is 11.4. The number of nitrogens with one attached hydrogen (secondary N) is 1. The molecule has 5 nitrogen and oxygen atoms in total. The van der Waals surface area contributed by atoms with Crippen LogP contribution in [-0.4, -0.2) is 25.8 Å². The Bertz CT molecular complexity index is 804. The second-order valence-corrected chi connectivity index (χ2v) is 6.97. The quantitative estimate of drug-likeness (QED) is 0.534. The van der Waals surface area contributed by atoms with E-state index >= 15 is 0 Å². The molecule has 0 atom stereocenters. The summed E-state index contributed by atoms with van der Waals surface area (Å²) < 4.78 is 12.0. The molecule has 0 saturated heterocycles. The number of hydrazone groups is 1. The van der Waals surface area contributed by atoms with E-state index in [4.69, 9.17) is 9.47 Å². The second kappa shape index (κ2) is 9.38. The summed E-state index contributed by atoms with van der Waals surface area (Å²) in [6.45, 7) is 6.05. The Balaban J connectivity index is 1.97. The molecule has 0 aliphatic carbocycles. The minimum Gasteiger partial charge on any atom is -0.496 e. The first kappa shape index (κ1) is 20.0. The van der Waals surface area contributed by atoms with Gasteiger partial charge >= 0.3 is 0 Å². The average Bonchev–Trinajstić information content (AvgIpc) is 2.62. The number of carbonyl (C=O) groups excluding carboxylic acids is 1. The van der Waals surface area contributed by atoms with Crippen LogP contribution in [0.4, 0.5) is 0 Å². The van der Waals surface area contributed by atoms with Crippen LogP contribution in [0.5, 0.6) is 11.5 Å². The van der Waals surface area contributed by atoms with Crippen molar-refractivity contribution in [2.45, 2.75) is 26.7 Å². The average molecular weight is 419 g/mol. The van der Waals surface area contributed by atoms with Crippen LogP contribution >= 0.6 is 15.9 Å². The number of ether oxygens (including phenoxy) is 2. The molecule has 0 unspecified atom stereocenters. The van der Waals surface area contributed by atoms with Gasteiger partial charge in [-0.1, -0.05) is 41.9 Å². The summed E-state index contributed by atoms with van der Waals surface area (Å²) in [4.78, 5) is 12.0. The molecule has 2 aromatic rings. The van der Waals surface area contributed by atoms with Crippen LogP contribution < -0.4 is 14.9 Å². The van der Waals surface area contributed by atoms with Crippen molar-refractivity contribution in [3.8, 4) is 11.5 Å². The van der Waals surface area contributed by atoms with E-state index in [1.54, 1.807) is 13.3 Å².